The summed E-state index contributed by atoms with van der Waals surface area (Å²) in [5, 5.41) is 15.7. The molecule has 1 heterocycles. The van der Waals surface area contributed by atoms with Crippen molar-refractivity contribution in [2.45, 2.75) is 47.1 Å². The molecule has 2 N–H and O–H groups in total. The zero-order valence-electron chi connectivity index (χ0n) is 13.5. The van der Waals surface area contributed by atoms with Crippen molar-refractivity contribution in [3.05, 3.63) is 11.1 Å². The molecule has 0 radical (unpaired) electrons. The van der Waals surface area contributed by atoms with Crippen LogP contribution in [0.5, 0.6) is 0 Å². The lowest BCUT2D eigenvalue weighted by Gasteiger charge is -2.29. The molecule has 120 valence electrons. The molecule has 0 unspecified atom stereocenters. The molecular formula is C15H27N3O2S. The van der Waals surface area contributed by atoms with Crippen LogP contribution in [0.2, 0.25) is 0 Å². The molecule has 0 aliphatic rings. The molecule has 1 amide bonds. The van der Waals surface area contributed by atoms with Crippen LogP contribution >= 0.6 is 11.3 Å². The smallest absolute Gasteiger partial charge is 0.225 e. The molecule has 0 bridgehead atoms. The number of hydrogen-bond donors (Lipinski definition) is 2. The number of nitrogens with one attached hydrogen (secondary N) is 1. The molecule has 0 saturated carbocycles. The normalized spacial score (nSPS) is 11.7. The zero-order chi connectivity index (χ0) is 15.9. The first-order valence-electron chi connectivity index (χ1n) is 7.56. The maximum atomic E-state index is 11.5. The largest absolute Gasteiger partial charge is 0.396 e. The Bertz CT molecular complexity index is 436. The number of rotatable bonds is 9. The topological polar surface area (TPSA) is 65.5 Å². The van der Waals surface area contributed by atoms with Crippen LogP contribution in [0.25, 0.3) is 0 Å². The monoisotopic (exact) mass is 313 g/mol. The third-order valence-corrected chi connectivity index (χ3v) is 5.02. The second-order valence-corrected chi connectivity index (χ2v) is 6.19. The number of carbonyl (C=O) groups excluding carboxylic acids is 1. The van der Waals surface area contributed by atoms with E-state index in [0.29, 0.717) is 13.1 Å². The molecular weight excluding hydrogens is 286 g/mol. The Balaban J connectivity index is 2.58. The molecule has 0 fully saturated rings. The van der Waals surface area contributed by atoms with E-state index in [4.69, 9.17) is 0 Å². The van der Waals surface area contributed by atoms with Gasteiger partial charge in [0.2, 0.25) is 5.91 Å². The van der Waals surface area contributed by atoms with Crippen LogP contribution in [-0.2, 0) is 11.3 Å². The second-order valence-electron chi connectivity index (χ2n) is 5.35. The fraction of sp³-hybridized carbons (Fsp3) is 0.733. The van der Waals surface area contributed by atoms with Crippen LogP contribution in [-0.4, -0.2) is 35.7 Å². The molecule has 1 aromatic heterocycles. The van der Waals surface area contributed by atoms with Gasteiger partial charge in [-0.3, -0.25) is 9.69 Å². The maximum absolute atomic E-state index is 11.5. The van der Waals surface area contributed by atoms with Crippen LogP contribution < -0.4 is 10.2 Å². The van der Waals surface area contributed by atoms with Crippen LogP contribution in [0.4, 0.5) is 5.13 Å². The molecule has 0 aliphatic heterocycles. The summed E-state index contributed by atoms with van der Waals surface area (Å²) in [4.78, 5) is 17.7. The Morgan fingerprint density at radius 1 is 1.43 bits per heavy atom. The Labute approximate surface area is 131 Å². The third kappa shape index (κ3) is 4.76. The number of carbonyl (C=O) groups is 1. The van der Waals surface area contributed by atoms with Crippen molar-refractivity contribution in [2.24, 2.45) is 5.41 Å². The standard InChI is InChI=1S/C15H27N3O2S/c1-5-15(6-2,11-19)10-16-8-13-9-21-14(17-13)18(7-3)12(4)20/h9,16,19H,5-8,10-11H2,1-4H3. The maximum Gasteiger partial charge on any atom is 0.225 e. The lowest BCUT2D eigenvalue weighted by Crippen LogP contribution is -2.36. The lowest BCUT2D eigenvalue weighted by molar-refractivity contribution is -0.116. The van der Waals surface area contributed by atoms with E-state index in [2.05, 4.69) is 24.1 Å². The van der Waals surface area contributed by atoms with Crippen LogP contribution in [0.15, 0.2) is 5.38 Å². The van der Waals surface area contributed by atoms with Gasteiger partial charge in [0.25, 0.3) is 0 Å². The second kappa shape index (κ2) is 8.46. The number of aromatic nitrogens is 1. The average Bonchev–Trinajstić information content (AvgIpc) is 2.93. The summed E-state index contributed by atoms with van der Waals surface area (Å²) in [6.07, 6.45) is 1.90. The van der Waals surface area contributed by atoms with Crippen LogP contribution in [0, 0.1) is 5.41 Å². The first kappa shape index (κ1) is 18.1. The van der Waals surface area contributed by atoms with E-state index in [9.17, 15) is 9.90 Å². The summed E-state index contributed by atoms with van der Waals surface area (Å²) in [7, 11) is 0. The first-order valence-corrected chi connectivity index (χ1v) is 8.44. The Morgan fingerprint density at radius 2 is 2.10 bits per heavy atom. The van der Waals surface area contributed by atoms with E-state index in [1.807, 2.05) is 12.3 Å². The minimum atomic E-state index is -0.0479. The highest BCUT2D eigenvalue weighted by molar-refractivity contribution is 7.14. The Morgan fingerprint density at radius 3 is 2.57 bits per heavy atom. The number of hydrogen-bond acceptors (Lipinski definition) is 5. The average molecular weight is 313 g/mol. The molecule has 1 aromatic rings. The van der Waals surface area contributed by atoms with Gasteiger partial charge in [-0.15, -0.1) is 11.3 Å². The van der Waals surface area contributed by atoms with Crippen molar-refractivity contribution in [3.63, 3.8) is 0 Å². The fourth-order valence-corrected chi connectivity index (χ4v) is 3.16. The molecule has 5 nitrogen and oxygen atoms in total. The minimum absolute atomic E-state index is 0.0163. The van der Waals surface area contributed by atoms with Gasteiger partial charge in [0, 0.05) is 44.0 Å². The van der Waals surface area contributed by atoms with Gasteiger partial charge in [0.15, 0.2) is 5.13 Å². The van der Waals surface area contributed by atoms with Gasteiger partial charge in [0.1, 0.15) is 0 Å². The molecule has 0 atom stereocenters. The molecule has 0 aliphatic carbocycles. The fourth-order valence-electron chi connectivity index (χ4n) is 2.23. The summed E-state index contributed by atoms with van der Waals surface area (Å²) in [5.41, 5.74) is 0.891. The van der Waals surface area contributed by atoms with Gasteiger partial charge in [0.05, 0.1) is 5.69 Å². The molecule has 1 rings (SSSR count). The van der Waals surface area contributed by atoms with Crippen LogP contribution in [0.3, 0.4) is 0 Å². The number of aliphatic hydroxyl groups is 1. The number of amides is 1. The molecule has 6 heteroatoms. The number of thiazole rings is 1. The highest BCUT2D eigenvalue weighted by Gasteiger charge is 2.24. The summed E-state index contributed by atoms with van der Waals surface area (Å²) >= 11 is 1.49. The molecule has 0 saturated heterocycles. The van der Waals surface area contributed by atoms with Crippen molar-refractivity contribution < 1.29 is 9.90 Å². The molecule has 21 heavy (non-hydrogen) atoms. The van der Waals surface area contributed by atoms with Gasteiger partial charge in [-0.05, 0) is 19.8 Å². The summed E-state index contributed by atoms with van der Waals surface area (Å²) in [6, 6.07) is 0. The highest BCUT2D eigenvalue weighted by Crippen LogP contribution is 2.25. The van der Waals surface area contributed by atoms with Crippen LogP contribution in [0.1, 0.15) is 46.2 Å². The van der Waals surface area contributed by atoms with Crippen molar-refractivity contribution in [3.8, 4) is 0 Å². The van der Waals surface area contributed by atoms with Crippen molar-refractivity contribution in [1.82, 2.24) is 10.3 Å². The first-order chi connectivity index (χ1) is 10.0. The van der Waals surface area contributed by atoms with E-state index in [1.165, 1.54) is 11.3 Å². The SMILES string of the molecule is CCN(C(C)=O)c1nc(CNCC(CC)(CC)CO)cs1. The van der Waals surface area contributed by atoms with Gasteiger partial charge >= 0.3 is 0 Å². The number of anilines is 1. The predicted octanol–water partition coefficient (Wildman–Crippen LogP) is 2.40. The van der Waals surface area contributed by atoms with Gasteiger partial charge in [-0.2, -0.15) is 0 Å². The third-order valence-electron chi connectivity index (χ3n) is 4.11. The summed E-state index contributed by atoms with van der Waals surface area (Å²) in [5.74, 6) is 0.0163. The molecule has 0 spiro atoms. The number of nitrogens with zero attached hydrogens (tertiary/aromatic N) is 2. The zero-order valence-corrected chi connectivity index (χ0v) is 14.3. The van der Waals surface area contributed by atoms with E-state index in [1.54, 1.807) is 11.8 Å². The van der Waals surface area contributed by atoms with Crippen molar-refractivity contribution in [1.29, 1.82) is 0 Å². The van der Waals surface area contributed by atoms with Gasteiger partial charge < -0.3 is 10.4 Å². The quantitative estimate of drug-likeness (QED) is 0.735. The highest BCUT2D eigenvalue weighted by atomic mass is 32.1. The van der Waals surface area contributed by atoms with Crippen molar-refractivity contribution >= 4 is 22.4 Å². The van der Waals surface area contributed by atoms with Crippen molar-refractivity contribution in [2.75, 3.05) is 24.6 Å². The van der Waals surface area contributed by atoms with E-state index in [0.717, 1.165) is 30.2 Å². The summed E-state index contributed by atoms with van der Waals surface area (Å²) in [6.45, 7) is 9.97. The minimum Gasteiger partial charge on any atom is -0.396 e. The van der Waals surface area contributed by atoms with Gasteiger partial charge in [-0.1, -0.05) is 13.8 Å². The predicted molar refractivity (Wildman–Crippen MR) is 87.6 cm³/mol. The lowest BCUT2D eigenvalue weighted by atomic mass is 9.83. The molecule has 0 aromatic carbocycles. The van der Waals surface area contributed by atoms with E-state index < -0.39 is 0 Å². The van der Waals surface area contributed by atoms with E-state index >= 15 is 0 Å². The van der Waals surface area contributed by atoms with Gasteiger partial charge in [-0.25, -0.2) is 4.98 Å². The summed E-state index contributed by atoms with van der Waals surface area (Å²) < 4.78 is 0. The number of aliphatic hydroxyl groups excluding tert-OH is 1. The van der Waals surface area contributed by atoms with E-state index in [-0.39, 0.29) is 17.9 Å². The Hall–Kier alpha value is -0.980. The Kier molecular flexibility index (Phi) is 7.28.